The van der Waals surface area contributed by atoms with E-state index in [2.05, 4.69) is 61.6 Å². The maximum Gasteiger partial charge on any atom is 0.311 e. The minimum atomic E-state index is -1.96. The predicted molar refractivity (Wildman–Crippen MR) is 133 cm³/mol. The molecule has 1 heterocycles. The van der Waals surface area contributed by atoms with Crippen molar-refractivity contribution in [1.82, 2.24) is 0 Å². The standard InChI is InChI=1S/C26H52O4Si/c1-18(14-20(3)22-16-28-22)13-19(2)15-21(4)23(17-29-24(27)25(5,6)7)30-31(11,12)26(8,9)10/h18-23H,13-17H2,1-12H3/t18-,19+,20-,21-,22-,23-/m0/s1. The normalized spacial score (nSPS) is 22.4. The molecular formula is C26H52O4Si. The van der Waals surface area contributed by atoms with E-state index in [4.69, 9.17) is 13.9 Å². The van der Waals surface area contributed by atoms with Crippen molar-refractivity contribution in [2.45, 2.75) is 119 Å². The Morgan fingerprint density at radius 1 is 0.968 bits per heavy atom. The summed E-state index contributed by atoms with van der Waals surface area (Å²) in [4.78, 5) is 12.4. The lowest BCUT2D eigenvalue weighted by Crippen LogP contribution is -2.47. The summed E-state index contributed by atoms with van der Waals surface area (Å²) in [5.41, 5.74) is -0.491. The smallest absolute Gasteiger partial charge is 0.311 e. The van der Waals surface area contributed by atoms with Gasteiger partial charge in [-0.05, 0) is 81.8 Å². The summed E-state index contributed by atoms with van der Waals surface area (Å²) in [5.74, 6) is 2.15. The van der Waals surface area contributed by atoms with Crippen molar-refractivity contribution in [3.63, 3.8) is 0 Å². The molecule has 184 valence electrons. The summed E-state index contributed by atoms with van der Waals surface area (Å²) in [6.45, 7) is 27.7. The van der Waals surface area contributed by atoms with E-state index in [0.717, 1.165) is 13.0 Å². The highest BCUT2D eigenvalue weighted by Crippen LogP contribution is 2.39. The number of hydrogen-bond acceptors (Lipinski definition) is 4. The molecule has 0 saturated carbocycles. The van der Waals surface area contributed by atoms with Crippen LogP contribution in [0.2, 0.25) is 18.1 Å². The number of rotatable bonds is 12. The second-order valence-electron chi connectivity index (χ2n) is 13.0. The molecule has 0 amide bonds. The number of ether oxygens (including phenoxy) is 2. The first-order valence-electron chi connectivity index (χ1n) is 12.4. The van der Waals surface area contributed by atoms with Crippen LogP contribution in [-0.2, 0) is 18.7 Å². The molecule has 1 rings (SSSR count). The minimum Gasteiger partial charge on any atom is -0.463 e. The van der Waals surface area contributed by atoms with Gasteiger partial charge in [0.2, 0.25) is 0 Å². The van der Waals surface area contributed by atoms with Gasteiger partial charge in [0.15, 0.2) is 8.32 Å². The molecule has 5 heteroatoms. The molecule has 0 unspecified atom stereocenters. The van der Waals surface area contributed by atoms with Gasteiger partial charge in [0.05, 0.1) is 24.2 Å². The second kappa shape index (κ2) is 11.2. The van der Waals surface area contributed by atoms with Gasteiger partial charge in [-0.1, -0.05) is 48.5 Å². The molecule has 0 aromatic carbocycles. The Hall–Kier alpha value is -0.393. The zero-order chi connectivity index (χ0) is 24.2. The third-order valence-corrected chi connectivity index (χ3v) is 11.7. The number of esters is 1. The summed E-state index contributed by atoms with van der Waals surface area (Å²) in [6, 6.07) is 0. The third-order valence-electron chi connectivity index (χ3n) is 7.22. The average molecular weight is 457 g/mol. The maximum absolute atomic E-state index is 12.4. The van der Waals surface area contributed by atoms with E-state index in [1.165, 1.54) is 12.8 Å². The van der Waals surface area contributed by atoms with Crippen molar-refractivity contribution < 1.29 is 18.7 Å². The summed E-state index contributed by atoms with van der Waals surface area (Å²) in [7, 11) is -1.96. The molecule has 0 radical (unpaired) electrons. The Kier molecular flexibility index (Phi) is 10.3. The van der Waals surface area contributed by atoms with Crippen LogP contribution in [0.15, 0.2) is 0 Å². The molecule has 6 atom stereocenters. The van der Waals surface area contributed by atoms with Gasteiger partial charge in [-0.3, -0.25) is 4.79 Å². The van der Waals surface area contributed by atoms with Gasteiger partial charge in [0.1, 0.15) is 6.61 Å². The lowest BCUT2D eigenvalue weighted by molar-refractivity contribution is -0.156. The predicted octanol–water partition coefficient (Wildman–Crippen LogP) is 7.08. The molecule has 0 aromatic heterocycles. The van der Waals surface area contributed by atoms with E-state index in [1.54, 1.807) is 0 Å². The highest BCUT2D eigenvalue weighted by atomic mass is 28.4. The van der Waals surface area contributed by atoms with E-state index in [-0.39, 0.29) is 17.1 Å². The van der Waals surface area contributed by atoms with Crippen molar-refractivity contribution in [2.24, 2.45) is 29.1 Å². The van der Waals surface area contributed by atoms with Crippen LogP contribution in [0.4, 0.5) is 0 Å². The highest BCUT2D eigenvalue weighted by Gasteiger charge is 2.41. The zero-order valence-corrected chi connectivity index (χ0v) is 23.6. The molecule has 0 aliphatic carbocycles. The number of epoxide rings is 1. The van der Waals surface area contributed by atoms with Crippen molar-refractivity contribution in [1.29, 1.82) is 0 Å². The summed E-state index contributed by atoms with van der Waals surface area (Å²) < 4.78 is 18.0. The molecule has 0 aromatic rings. The maximum atomic E-state index is 12.4. The fourth-order valence-electron chi connectivity index (χ4n) is 4.08. The lowest BCUT2D eigenvalue weighted by atomic mass is 9.84. The Balaban J connectivity index is 2.73. The number of carbonyl (C=O) groups excluding carboxylic acids is 1. The molecule has 0 spiro atoms. The third kappa shape index (κ3) is 9.96. The van der Waals surface area contributed by atoms with Crippen molar-refractivity contribution in [3.05, 3.63) is 0 Å². The van der Waals surface area contributed by atoms with Crippen LogP contribution < -0.4 is 0 Å². The Bertz CT molecular complexity index is 557. The van der Waals surface area contributed by atoms with E-state index >= 15 is 0 Å². The molecule has 4 nitrogen and oxygen atoms in total. The van der Waals surface area contributed by atoms with Crippen molar-refractivity contribution in [3.8, 4) is 0 Å². The molecule has 1 saturated heterocycles. The van der Waals surface area contributed by atoms with Gasteiger partial charge in [-0.15, -0.1) is 0 Å². The molecule has 1 fully saturated rings. The van der Waals surface area contributed by atoms with Gasteiger partial charge >= 0.3 is 5.97 Å². The molecule has 1 aliphatic rings. The first kappa shape index (κ1) is 28.6. The van der Waals surface area contributed by atoms with E-state index in [0.29, 0.717) is 36.4 Å². The number of carbonyl (C=O) groups is 1. The monoisotopic (exact) mass is 456 g/mol. The van der Waals surface area contributed by atoms with E-state index < -0.39 is 13.7 Å². The molecule has 31 heavy (non-hydrogen) atoms. The minimum absolute atomic E-state index is 0.0521. The first-order chi connectivity index (χ1) is 13.9. The molecular weight excluding hydrogens is 404 g/mol. The topological polar surface area (TPSA) is 48.1 Å². The van der Waals surface area contributed by atoms with Crippen LogP contribution in [0, 0.1) is 29.1 Å². The van der Waals surface area contributed by atoms with Crippen molar-refractivity contribution in [2.75, 3.05) is 13.2 Å². The summed E-state index contributed by atoms with van der Waals surface area (Å²) in [5, 5.41) is 0.125. The quantitative estimate of drug-likeness (QED) is 0.179. The fourth-order valence-corrected chi connectivity index (χ4v) is 5.49. The van der Waals surface area contributed by atoms with Crippen LogP contribution in [0.25, 0.3) is 0 Å². The summed E-state index contributed by atoms with van der Waals surface area (Å²) in [6.07, 6.45) is 3.98. The number of hydrogen-bond donors (Lipinski definition) is 0. The molecule has 0 N–H and O–H groups in total. The Morgan fingerprint density at radius 3 is 1.94 bits per heavy atom. The van der Waals surface area contributed by atoms with Gasteiger partial charge in [-0.25, -0.2) is 0 Å². The Morgan fingerprint density at radius 2 is 1.48 bits per heavy atom. The highest BCUT2D eigenvalue weighted by molar-refractivity contribution is 6.74. The summed E-state index contributed by atoms with van der Waals surface area (Å²) >= 11 is 0. The van der Waals surface area contributed by atoms with Crippen LogP contribution >= 0.6 is 0 Å². The van der Waals surface area contributed by atoms with Crippen molar-refractivity contribution >= 4 is 14.3 Å². The largest absolute Gasteiger partial charge is 0.463 e. The van der Waals surface area contributed by atoms with Gasteiger partial charge in [-0.2, -0.15) is 0 Å². The molecule has 1 aliphatic heterocycles. The first-order valence-corrected chi connectivity index (χ1v) is 15.3. The van der Waals surface area contributed by atoms with Crippen LogP contribution in [-0.4, -0.2) is 39.7 Å². The lowest BCUT2D eigenvalue weighted by Gasteiger charge is -2.41. The second-order valence-corrected chi connectivity index (χ2v) is 17.8. The Labute approximate surface area is 194 Å². The van der Waals surface area contributed by atoms with Gasteiger partial charge < -0.3 is 13.9 Å². The van der Waals surface area contributed by atoms with E-state index in [1.807, 2.05) is 20.8 Å². The fraction of sp³-hybridized carbons (Fsp3) is 0.962. The van der Waals surface area contributed by atoms with Gasteiger partial charge in [0.25, 0.3) is 0 Å². The average Bonchev–Trinajstić information content (AvgIpc) is 3.40. The van der Waals surface area contributed by atoms with Crippen LogP contribution in [0.1, 0.15) is 88.5 Å². The molecule has 0 bridgehead atoms. The van der Waals surface area contributed by atoms with E-state index in [9.17, 15) is 4.79 Å². The van der Waals surface area contributed by atoms with Crippen LogP contribution in [0.3, 0.4) is 0 Å². The van der Waals surface area contributed by atoms with Gasteiger partial charge in [0, 0.05) is 0 Å². The van der Waals surface area contributed by atoms with Crippen LogP contribution in [0.5, 0.6) is 0 Å². The SMILES string of the molecule is C[C@H](C[C@H](C)C[C@H](C)[C@@H]1CO1)C[C@H](C)[C@H](COC(=O)C(C)(C)C)O[Si](C)(C)C(C)(C)C. The zero-order valence-electron chi connectivity index (χ0n) is 22.6.